The van der Waals surface area contributed by atoms with Gasteiger partial charge in [-0.05, 0) is 19.8 Å². The van der Waals surface area contributed by atoms with Crippen molar-refractivity contribution in [2.45, 2.75) is 26.2 Å². The highest BCUT2D eigenvalue weighted by molar-refractivity contribution is 5.85. The first-order valence-electron chi connectivity index (χ1n) is 5.72. The number of aliphatic carboxylic acids is 1. The Balaban J connectivity index is 2.50. The Kier molecular flexibility index (Phi) is 5.28. The summed E-state index contributed by atoms with van der Waals surface area (Å²) in [7, 11) is 0. The molecule has 0 bridgehead atoms. The summed E-state index contributed by atoms with van der Waals surface area (Å²) >= 11 is 0. The van der Waals surface area contributed by atoms with E-state index in [1.165, 1.54) is 0 Å². The number of carboxylic acids is 1. The highest BCUT2D eigenvalue weighted by atomic mass is 16.4. The van der Waals surface area contributed by atoms with Gasteiger partial charge >= 0.3 is 5.97 Å². The van der Waals surface area contributed by atoms with Gasteiger partial charge in [0, 0.05) is 13.0 Å². The molecule has 0 spiro atoms. The van der Waals surface area contributed by atoms with Crippen LogP contribution in [0.4, 0.5) is 0 Å². The number of carboxylic acid groups (broad SMARTS) is 1. The molecule has 0 unspecified atom stereocenters. The van der Waals surface area contributed by atoms with Crippen molar-refractivity contribution in [3.8, 4) is 11.8 Å². The minimum Gasteiger partial charge on any atom is -0.481 e. The molecule has 0 saturated carbocycles. The van der Waals surface area contributed by atoms with Gasteiger partial charge in [0.1, 0.15) is 0 Å². The molecule has 0 aromatic rings. The number of amides is 1. The first kappa shape index (κ1) is 13.3. The van der Waals surface area contributed by atoms with Crippen LogP contribution in [0.15, 0.2) is 12.2 Å². The quantitative estimate of drug-likeness (QED) is 0.437. The first-order valence-corrected chi connectivity index (χ1v) is 5.72. The number of hydrogen-bond acceptors (Lipinski definition) is 2. The van der Waals surface area contributed by atoms with E-state index >= 15 is 0 Å². The molecule has 0 fully saturated rings. The van der Waals surface area contributed by atoms with Gasteiger partial charge in [0.2, 0.25) is 5.91 Å². The average molecular weight is 235 g/mol. The van der Waals surface area contributed by atoms with E-state index in [0.717, 1.165) is 0 Å². The number of allylic oxidation sites excluding steroid dienone is 2. The molecule has 92 valence electrons. The molecule has 1 rings (SSSR count). The van der Waals surface area contributed by atoms with Gasteiger partial charge in [0.15, 0.2) is 0 Å². The minimum atomic E-state index is -0.900. The monoisotopic (exact) mass is 235 g/mol. The molecule has 0 aromatic carbocycles. The van der Waals surface area contributed by atoms with Gasteiger partial charge in [-0.2, -0.15) is 0 Å². The topological polar surface area (TPSA) is 66.4 Å². The second kappa shape index (κ2) is 6.74. The minimum absolute atomic E-state index is 0.181. The fourth-order valence-corrected chi connectivity index (χ4v) is 1.88. The highest BCUT2D eigenvalue weighted by Crippen LogP contribution is 2.25. The van der Waals surface area contributed by atoms with Crippen LogP contribution in [0.25, 0.3) is 0 Å². The summed E-state index contributed by atoms with van der Waals surface area (Å²) in [5.41, 5.74) is 0. The van der Waals surface area contributed by atoms with Crippen molar-refractivity contribution >= 4 is 11.9 Å². The third-order valence-electron chi connectivity index (χ3n) is 2.81. The largest absolute Gasteiger partial charge is 0.481 e. The Labute approximate surface area is 101 Å². The van der Waals surface area contributed by atoms with Crippen LogP contribution in [0.2, 0.25) is 0 Å². The molecule has 1 aliphatic carbocycles. The molecule has 4 nitrogen and oxygen atoms in total. The molecule has 0 radical (unpaired) electrons. The van der Waals surface area contributed by atoms with Gasteiger partial charge in [0.25, 0.3) is 0 Å². The predicted octanol–water partition coefficient (Wildman–Crippen LogP) is 1.18. The van der Waals surface area contributed by atoms with Crippen molar-refractivity contribution in [3.05, 3.63) is 12.2 Å². The van der Waals surface area contributed by atoms with Gasteiger partial charge in [-0.25, -0.2) is 0 Å². The fourth-order valence-electron chi connectivity index (χ4n) is 1.88. The number of hydrogen-bond donors (Lipinski definition) is 2. The average Bonchev–Trinajstić information content (AvgIpc) is 2.34. The fraction of sp³-hybridized carbons (Fsp3) is 0.538. The van der Waals surface area contributed by atoms with Crippen molar-refractivity contribution in [2.24, 2.45) is 11.8 Å². The van der Waals surface area contributed by atoms with Crippen molar-refractivity contribution in [2.75, 3.05) is 6.54 Å². The molecule has 2 N–H and O–H groups in total. The standard InChI is InChI=1S/C13H17NO3/c1-2-3-6-9-14-12(15)10-7-4-5-8-11(10)13(16)17/h4-5,10-11H,6-9H2,1H3,(H,14,15)(H,16,17)/t10-,11+/m1/s1. The van der Waals surface area contributed by atoms with E-state index in [4.69, 9.17) is 5.11 Å². The van der Waals surface area contributed by atoms with Crippen LogP contribution in [0, 0.1) is 23.7 Å². The molecule has 0 saturated heterocycles. The van der Waals surface area contributed by atoms with Crippen molar-refractivity contribution < 1.29 is 14.7 Å². The number of carbonyl (C=O) groups is 2. The van der Waals surface area contributed by atoms with Crippen molar-refractivity contribution in [1.29, 1.82) is 0 Å². The smallest absolute Gasteiger partial charge is 0.307 e. The van der Waals surface area contributed by atoms with Crippen LogP contribution in [0.1, 0.15) is 26.2 Å². The summed E-state index contributed by atoms with van der Waals surface area (Å²) < 4.78 is 0. The van der Waals surface area contributed by atoms with Crippen LogP contribution < -0.4 is 5.32 Å². The molecular formula is C13H17NO3. The molecule has 1 aliphatic rings. The van der Waals surface area contributed by atoms with E-state index in [1.54, 1.807) is 6.92 Å². The zero-order valence-corrected chi connectivity index (χ0v) is 9.90. The summed E-state index contributed by atoms with van der Waals surface area (Å²) in [5, 5.41) is 11.8. The second-order valence-electron chi connectivity index (χ2n) is 3.96. The van der Waals surface area contributed by atoms with E-state index in [9.17, 15) is 9.59 Å². The van der Waals surface area contributed by atoms with Crippen LogP contribution in [-0.2, 0) is 9.59 Å². The van der Waals surface area contributed by atoms with E-state index < -0.39 is 17.8 Å². The van der Waals surface area contributed by atoms with Crippen LogP contribution in [0.3, 0.4) is 0 Å². The maximum absolute atomic E-state index is 11.8. The Hall–Kier alpha value is -1.76. The van der Waals surface area contributed by atoms with E-state index in [1.807, 2.05) is 12.2 Å². The number of carbonyl (C=O) groups excluding carboxylic acids is 1. The molecule has 0 aliphatic heterocycles. The van der Waals surface area contributed by atoms with Crippen molar-refractivity contribution in [1.82, 2.24) is 5.32 Å². The molecule has 0 heterocycles. The molecular weight excluding hydrogens is 218 g/mol. The van der Waals surface area contributed by atoms with Crippen LogP contribution >= 0.6 is 0 Å². The third-order valence-corrected chi connectivity index (χ3v) is 2.81. The zero-order valence-electron chi connectivity index (χ0n) is 9.90. The highest BCUT2D eigenvalue weighted by Gasteiger charge is 2.33. The SMILES string of the molecule is CC#CCCNC(=O)[C@@H]1CC=CC[C@@H]1C(=O)O. The molecule has 17 heavy (non-hydrogen) atoms. The summed E-state index contributed by atoms with van der Waals surface area (Å²) in [6.45, 7) is 2.22. The van der Waals surface area contributed by atoms with Crippen molar-refractivity contribution in [3.63, 3.8) is 0 Å². The zero-order chi connectivity index (χ0) is 12.7. The summed E-state index contributed by atoms with van der Waals surface area (Å²) in [5.74, 6) is 3.45. The first-order chi connectivity index (χ1) is 8.16. The van der Waals surface area contributed by atoms with Gasteiger partial charge < -0.3 is 10.4 Å². The van der Waals surface area contributed by atoms with Crippen LogP contribution in [0.5, 0.6) is 0 Å². The van der Waals surface area contributed by atoms with E-state index in [0.29, 0.717) is 25.8 Å². The Morgan fingerprint density at radius 1 is 1.35 bits per heavy atom. The van der Waals surface area contributed by atoms with E-state index in [-0.39, 0.29) is 5.91 Å². The number of rotatable bonds is 4. The third kappa shape index (κ3) is 3.95. The molecule has 2 atom stereocenters. The molecule has 0 aromatic heterocycles. The Morgan fingerprint density at radius 3 is 2.59 bits per heavy atom. The van der Waals surface area contributed by atoms with Gasteiger partial charge in [-0.3, -0.25) is 9.59 Å². The lowest BCUT2D eigenvalue weighted by Gasteiger charge is -2.23. The predicted molar refractivity (Wildman–Crippen MR) is 64.1 cm³/mol. The summed E-state index contributed by atoms with van der Waals surface area (Å²) in [6, 6.07) is 0. The maximum atomic E-state index is 11.8. The Morgan fingerprint density at radius 2 is 2.00 bits per heavy atom. The maximum Gasteiger partial charge on any atom is 0.307 e. The number of nitrogens with one attached hydrogen (secondary N) is 1. The van der Waals surface area contributed by atoms with Gasteiger partial charge in [-0.15, -0.1) is 11.8 Å². The lowest BCUT2D eigenvalue weighted by Crippen LogP contribution is -2.39. The second-order valence-corrected chi connectivity index (χ2v) is 3.96. The molecule has 4 heteroatoms. The lowest BCUT2D eigenvalue weighted by molar-refractivity contribution is -0.147. The van der Waals surface area contributed by atoms with Crippen LogP contribution in [-0.4, -0.2) is 23.5 Å². The summed E-state index contributed by atoms with van der Waals surface area (Å²) in [6.07, 6.45) is 5.23. The Bertz CT molecular complexity index is 376. The van der Waals surface area contributed by atoms with Gasteiger partial charge in [0.05, 0.1) is 11.8 Å². The summed E-state index contributed by atoms with van der Waals surface area (Å²) in [4.78, 5) is 22.8. The lowest BCUT2D eigenvalue weighted by atomic mass is 9.82. The van der Waals surface area contributed by atoms with Gasteiger partial charge in [-0.1, -0.05) is 12.2 Å². The molecule has 1 amide bonds. The normalized spacial score (nSPS) is 22.4. The van der Waals surface area contributed by atoms with E-state index in [2.05, 4.69) is 17.2 Å².